The summed E-state index contributed by atoms with van der Waals surface area (Å²) in [6, 6.07) is 6.33. The minimum absolute atomic E-state index is 0.0271. The van der Waals surface area contributed by atoms with Gasteiger partial charge in [0.05, 0.1) is 6.61 Å². The molecule has 0 aromatic heterocycles. The summed E-state index contributed by atoms with van der Waals surface area (Å²) in [5.41, 5.74) is 0.830. The predicted octanol–water partition coefficient (Wildman–Crippen LogP) is 1.12. The Labute approximate surface area is 77.4 Å². The molecule has 0 fully saturated rings. The Morgan fingerprint density at radius 3 is 2.85 bits per heavy atom. The van der Waals surface area contributed by atoms with Crippen LogP contribution in [0.2, 0.25) is 0 Å². The molecular formula is C10H14FNO. The van der Waals surface area contributed by atoms with Gasteiger partial charge in [-0.25, -0.2) is 4.39 Å². The molecule has 13 heavy (non-hydrogen) atoms. The van der Waals surface area contributed by atoms with Gasteiger partial charge in [0, 0.05) is 12.5 Å². The summed E-state index contributed by atoms with van der Waals surface area (Å²) in [7, 11) is 1.81. The van der Waals surface area contributed by atoms with Gasteiger partial charge < -0.3 is 10.4 Å². The molecule has 1 aromatic rings. The molecule has 0 spiro atoms. The molecule has 3 heteroatoms. The van der Waals surface area contributed by atoms with Crippen molar-refractivity contribution in [2.45, 2.75) is 5.92 Å². The van der Waals surface area contributed by atoms with Gasteiger partial charge >= 0.3 is 0 Å². The van der Waals surface area contributed by atoms with Gasteiger partial charge in [-0.2, -0.15) is 0 Å². The molecule has 1 unspecified atom stereocenters. The number of likely N-dealkylation sites (N-methyl/N-ethyl adjacent to an activating group) is 1. The van der Waals surface area contributed by atoms with Crippen LogP contribution in [0.25, 0.3) is 0 Å². The molecule has 1 rings (SSSR count). The second-order valence-corrected chi connectivity index (χ2v) is 2.99. The molecule has 0 aliphatic heterocycles. The van der Waals surface area contributed by atoms with E-state index in [0.717, 1.165) is 5.56 Å². The largest absolute Gasteiger partial charge is 0.396 e. The zero-order valence-corrected chi connectivity index (χ0v) is 7.63. The summed E-state index contributed by atoms with van der Waals surface area (Å²) in [6.07, 6.45) is 0. The number of nitrogens with one attached hydrogen (secondary N) is 1. The number of rotatable bonds is 4. The van der Waals surface area contributed by atoms with E-state index < -0.39 is 0 Å². The van der Waals surface area contributed by atoms with Crippen molar-refractivity contribution in [2.24, 2.45) is 0 Å². The lowest BCUT2D eigenvalue weighted by molar-refractivity contribution is 0.263. The molecule has 72 valence electrons. The van der Waals surface area contributed by atoms with E-state index in [1.165, 1.54) is 12.1 Å². The van der Waals surface area contributed by atoms with Crippen LogP contribution in [0.5, 0.6) is 0 Å². The molecule has 0 saturated heterocycles. The van der Waals surface area contributed by atoms with E-state index in [9.17, 15) is 4.39 Å². The van der Waals surface area contributed by atoms with Gasteiger partial charge in [0.1, 0.15) is 5.82 Å². The molecule has 1 aromatic carbocycles. The van der Waals surface area contributed by atoms with Crippen LogP contribution in [-0.2, 0) is 0 Å². The third-order valence-electron chi connectivity index (χ3n) is 1.99. The van der Waals surface area contributed by atoms with Crippen LogP contribution in [0, 0.1) is 5.82 Å². The lowest BCUT2D eigenvalue weighted by Gasteiger charge is -2.13. The highest BCUT2D eigenvalue weighted by molar-refractivity contribution is 5.21. The van der Waals surface area contributed by atoms with Gasteiger partial charge in [-0.05, 0) is 24.7 Å². The molecule has 1 atom stereocenters. The Kier molecular flexibility index (Phi) is 3.86. The summed E-state index contributed by atoms with van der Waals surface area (Å²) in [5, 5.41) is 12.0. The first-order chi connectivity index (χ1) is 6.27. The maximum absolute atomic E-state index is 12.8. The third-order valence-corrected chi connectivity index (χ3v) is 1.99. The molecule has 2 nitrogen and oxygen atoms in total. The fourth-order valence-corrected chi connectivity index (χ4v) is 1.29. The Morgan fingerprint density at radius 2 is 2.31 bits per heavy atom. The van der Waals surface area contributed by atoms with Crippen LogP contribution < -0.4 is 5.32 Å². The van der Waals surface area contributed by atoms with Crippen LogP contribution >= 0.6 is 0 Å². The number of benzene rings is 1. The minimum atomic E-state index is -0.257. The summed E-state index contributed by atoms with van der Waals surface area (Å²) in [4.78, 5) is 0. The number of hydrogen-bond acceptors (Lipinski definition) is 2. The molecule has 0 heterocycles. The second kappa shape index (κ2) is 4.94. The average molecular weight is 183 g/mol. The van der Waals surface area contributed by atoms with Gasteiger partial charge in [0.25, 0.3) is 0 Å². The smallest absolute Gasteiger partial charge is 0.123 e. The molecule has 0 aliphatic carbocycles. The Balaban J connectivity index is 2.78. The van der Waals surface area contributed by atoms with Crippen LogP contribution in [0.3, 0.4) is 0 Å². The summed E-state index contributed by atoms with van der Waals surface area (Å²) in [5.74, 6) is -0.284. The third kappa shape index (κ3) is 2.79. The number of aliphatic hydroxyl groups is 1. The number of aliphatic hydroxyl groups excluding tert-OH is 1. The molecule has 0 aliphatic rings. The first-order valence-electron chi connectivity index (χ1n) is 4.29. The Morgan fingerprint density at radius 1 is 1.54 bits per heavy atom. The van der Waals surface area contributed by atoms with Crippen molar-refractivity contribution in [3.8, 4) is 0 Å². The van der Waals surface area contributed by atoms with Crippen LogP contribution in [0.1, 0.15) is 11.5 Å². The number of halogens is 1. The lowest BCUT2D eigenvalue weighted by atomic mass is 10.00. The van der Waals surface area contributed by atoms with Crippen LogP contribution in [-0.4, -0.2) is 25.3 Å². The van der Waals surface area contributed by atoms with Gasteiger partial charge in [-0.3, -0.25) is 0 Å². The van der Waals surface area contributed by atoms with E-state index in [0.29, 0.717) is 6.54 Å². The monoisotopic (exact) mass is 183 g/mol. The van der Waals surface area contributed by atoms with Crippen molar-refractivity contribution in [3.63, 3.8) is 0 Å². The van der Waals surface area contributed by atoms with Crippen molar-refractivity contribution in [1.29, 1.82) is 0 Å². The van der Waals surface area contributed by atoms with E-state index in [2.05, 4.69) is 5.32 Å². The topological polar surface area (TPSA) is 32.3 Å². The highest BCUT2D eigenvalue weighted by Gasteiger charge is 2.09. The van der Waals surface area contributed by atoms with E-state index in [-0.39, 0.29) is 18.3 Å². The summed E-state index contributed by atoms with van der Waals surface area (Å²) >= 11 is 0. The van der Waals surface area contributed by atoms with Crippen molar-refractivity contribution in [2.75, 3.05) is 20.2 Å². The lowest BCUT2D eigenvalue weighted by Crippen LogP contribution is -2.20. The molecular weight excluding hydrogens is 169 g/mol. The van der Waals surface area contributed by atoms with Crippen LogP contribution in [0.15, 0.2) is 24.3 Å². The van der Waals surface area contributed by atoms with Crippen molar-refractivity contribution in [1.82, 2.24) is 5.32 Å². The van der Waals surface area contributed by atoms with E-state index in [1.54, 1.807) is 6.07 Å². The fourth-order valence-electron chi connectivity index (χ4n) is 1.29. The Hall–Kier alpha value is -0.930. The molecule has 0 bridgehead atoms. The zero-order valence-electron chi connectivity index (χ0n) is 7.63. The standard InChI is InChI=1S/C10H14FNO/c1-12-6-9(7-13)8-3-2-4-10(11)5-8/h2-5,9,12-13H,6-7H2,1H3. The van der Waals surface area contributed by atoms with Crippen molar-refractivity contribution < 1.29 is 9.50 Å². The van der Waals surface area contributed by atoms with Crippen molar-refractivity contribution >= 4 is 0 Å². The quantitative estimate of drug-likeness (QED) is 0.733. The minimum Gasteiger partial charge on any atom is -0.396 e. The van der Waals surface area contributed by atoms with E-state index in [1.807, 2.05) is 13.1 Å². The molecule has 0 amide bonds. The predicted molar refractivity (Wildman–Crippen MR) is 50.2 cm³/mol. The van der Waals surface area contributed by atoms with Gasteiger partial charge in [0.15, 0.2) is 0 Å². The maximum atomic E-state index is 12.8. The molecule has 0 saturated carbocycles. The maximum Gasteiger partial charge on any atom is 0.123 e. The SMILES string of the molecule is CNCC(CO)c1cccc(F)c1. The van der Waals surface area contributed by atoms with Crippen molar-refractivity contribution in [3.05, 3.63) is 35.6 Å². The second-order valence-electron chi connectivity index (χ2n) is 2.99. The zero-order chi connectivity index (χ0) is 9.68. The van der Waals surface area contributed by atoms with Gasteiger partial charge in [0.2, 0.25) is 0 Å². The highest BCUT2D eigenvalue weighted by Crippen LogP contribution is 2.15. The van der Waals surface area contributed by atoms with E-state index in [4.69, 9.17) is 5.11 Å². The van der Waals surface area contributed by atoms with Crippen LogP contribution in [0.4, 0.5) is 4.39 Å². The van der Waals surface area contributed by atoms with E-state index >= 15 is 0 Å². The fraction of sp³-hybridized carbons (Fsp3) is 0.400. The Bertz CT molecular complexity index is 265. The summed E-state index contributed by atoms with van der Waals surface area (Å²) < 4.78 is 12.8. The summed E-state index contributed by atoms with van der Waals surface area (Å²) in [6.45, 7) is 0.685. The normalized spacial score (nSPS) is 12.8. The first-order valence-corrected chi connectivity index (χ1v) is 4.29. The molecule has 0 radical (unpaired) electrons. The number of hydrogen-bond donors (Lipinski definition) is 2. The first kappa shape index (κ1) is 10.2. The molecule has 2 N–H and O–H groups in total. The average Bonchev–Trinajstić information content (AvgIpc) is 2.14. The van der Waals surface area contributed by atoms with Gasteiger partial charge in [-0.15, -0.1) is 0 Å². The van der Waals surface area contributed by atoms with Gasteiger partial charge in [-0.1, -0.05) is 12.1 Å². The highest BCUT2D eigenvalue weighted by atomic mass is 19.1.